The Morgan fingerprint density at radius 2 is 1.78 bits per heavy atom. The van der Waals surface area contributed by atoms with Gasteiger partial charge < -0.3 is 4.74 Å². The summed E-state index contributed by atoms with van der Waals surface area (Å²) in [6.07, 6.45) is 0.787. The van der Waals surface area contributed by atoms with Crippen LogP contribution in [0.4, 0.5) is 0 Å². The molecular weight excluding hydrogens is 232 g/mol. The van der Waals surface area contributed by atoms with Gasteiger partial charge >= 0.3 is 0 Å². The summed E-state index contributed by atoms with van der Waals surface area (Å²) >= 11 is 0. The van der Waals surface area contributed by atoms with Crippen molar-refractivity contribution >= 4 is 11.8 Å². The van der Waals surface area contributed by atoms with Crippen molar-refractivity contribution in [3.63, 3.8) is 0 Å². The van der Waals surface area contributed by atoms with Gasteiger partial charge in [0.1, 0.15) is 5.75 Å². The van der Waals surface area contributed by atoms with Crippen LogP contribution >= 0.6 is 0 Å². The van der Waals surface area contributed by atoms with E-state index in [1.165, 1.54) is 0 Å². The Bertz CT molecular complexity index is 404. The molecule has 0 bridgehead atoms. The number of amides is 2. The standard InChI is InChI=1S/C13H16N2O3/c16-12-9-15(10-13(17)14-12)7-4-8-18-11-5-2-1-3-6-11/h1-3,5-6H,4,7-10H2,(H,14,16,17). The lowest BCUT2D eigenvalue weighted by molar-refractivity contribution is -0.136. The zero-order valence-corrected chi connectivity index (χ0v) is 10.1. The quantitative estimate of drug-likeness (QED) is 0.606. The number of nitrogens with zero attached hydrogens (tertiary/aromatic N) is 1. The second-order valence-electron chi connectivity index (χ2n) is 4.20. The van der Waals surface area contributed by atoms with Gasteiger partial charge in [0.2, 0.25) is 11.8 Å². The zero-order valence-electron chi connectivity index (χ0n) is 10.1. The lowest BCUT2D eigenvalue weighted by atomic mass is 10.3. The van der Waals surface area contributed by atoms with Crippen LogP contribution in [-0.4, -0.2) is 43.0 Å². The number of benzene rings is 1. The number of rotatable bonds is 5. The minimum absolute atomic E-state index is 0.227. The van der Waals surface area contributed by atoms with Gasteiger partial charge in [0.25, 0.3) is 0 Å². The second kappa shape index (κ2) is 6.16. The monoisotopic (exact) mass is 248 g/mol. The van der Waals surface area contributed by atoms with E-state index in [4.69, 9.17) is 4.74 Å². The predicted molar refractivity (Wildman–Crippen MR) is 66.1 cm³/mol. The van der Waals surface area contributed by atoms with Crippen molar-refractivity contribution in [3.05, 3.63) is 30.3 Å². The van der Waals surface area contributed by atoms with Crippen LogP contribution < -0.4 is 10.1 Å². The highest BCUT2D eigenvalue weighted by molar-refractivity contribution is 5.99. The number of carbonyl (C=O) groups excluding carboxylic acids is 2. The van der Waals surface area contributed by atoms with Gasteiger partial charge in [-0.25, -0.2) is 0 Å². The fourth-order valence-electron chi connectivity index (χ4n) is 1.85. The summed E-state index contributed by atoms with van der Waals surface area (Å²) < 4.78 is 5.54. The molecule has 1 aromatic rings. The Hall–Kier alpha value is -1.88. The van der Waals surface area contributed by atoms with E-state index in [0.29, 0.717) is 13.2 Å². The van der Waals surface area contributed by atoms with Crippen LogP contribution in [-0.2, 0) is 9.59 Å². The van der Waals surface area contributed by atoms with Crippen LogP contribution in [0.1, 0.15) is 6.42 Å². The first-order valence-electron chi connectivity index (χ1n) is 5.97. The normalized spacial score (nSPS) is 16.4. The third kappa shape index (κ3) is 3.85. The number of imide groups is 1. The van der Waals surface area contributed by atoms with Crippen molar-refractivity contribution in [3.8, 4) is 5.75 Å². The number of para-hydroxylation sites is 1. The van der Waals surface area contributed by atoms with Crippen molar-refractivity contribution in [2.24, 2.45) is 0 Å². The summed E-state index contributed by atoms with van der Waals surface area (Å²) in [5.74, 6) is 0.385. The highest BCUT2D eigenvalue weighted by atomic mass is 16.5. The van der Waals surface area contributed by atoms with E-state index in [2.05, 4.69) is 5.32 Å². The smallest absolute Gasteiger partial charge is 0.240 e. The number of ether oxygens (including phenoxy) is 1. The van der Waals surface area contributed by atoms with Crippen molar-refractivity contribution in [1.29, 1.82) is 0 Å². The molecule has 5 nitrogen and oxygen atoms in total. The van der Waals surface area contributed by atoms with Gasteiger partial charge in [0.05, 0.1) is 19.7 Å². The van der Waals surface area contributed by atoms with E-state index in [1.54, 1.807) is 0 Å². The molecule has 0 atom stereocenters. The molecule has 18 heavy (non-hydrogen) atoms. The van der Waals surface area contributed by atoms with Crippen LogP contribution in [0.25, 0.3) is 0 Å². The number of nitrogens with one attached hydrogen (secondary N) is 1. The van der Waals surface area contributed by atoms with E-state index in [1.807, 2.05) is 35.2 Å². The number of hydrogen-bond acceptors (Lipinski definition) is 4. The lowest BCUT2D eigenvalue weighted by Crippen LogP contribution is -2.51. The van der Waals surface area contributed by atoms with Crippen molar-refractivity contribution < 1.29 is 14.3 Å². The summed E-state index contributed by atoms with van der Waals surface area (Å²) in [7, 11) is 0. The zero-order chi connectivity index (χ0) is 12.8. The Kier molecular flexibility index (Phi) is 4.30. The maximum atomic E-state index is 11.1. The van der Waals surface area contributed by atoms with E-state index in [9.17, 15) is 9.59 Å². The van der Waals surface area contributed by atoms with Crippen LogP contribution in [0, 0.1) is 0 Å². The summed E-state index contributed by atoms with van der Waals surface area (Å²) in [5.41, 5.74) is 0. The molecule has 0 aromatic heterocycles. The minimum atomic E-state index is -0.227. The van der Waals surface area contributed by atoms with E-state index >= 15 is 0 Å². The van der Waals surface area contributed by atoms with Gasteiger partial charge in [0.15, 0.2) is 0 Å². The molecule has 0 radical (unpaired) electrons. The molecule has 1 heterocycles. The average Bonchev–Trinajstić information content (AvgIpc) is 2.35. The molecule has 96 valence electrons. The molecule has 1 saturated heterocycles. The summed E-state index contributed by atoms with van der Waals surface area (Å²) in [4.78, 5) is 24.1. The van der Waals surface area contributed by atoms with Crippen LogP contribution in [0.2, 0.25) is 0 Å². The lowest BCUT2D eigenvalue weighted by Gasteiger charge is -2.24. The van der Waals surface area contributed by atoms with Gasteiger partial charge in [-0.2, -0.15) is 0 Å². The molecule has 2 amide bonds. The number of piperazine rings is 1. The van der Waals surface area contributed by atoms with Crippen LogP contribution in [0.15, 0.2) is 30.3 Å². The molecule has 0 spiro atoms. The van der Waals surface area contributed by atoms with Crippen molar-refractivity contribution in [2.75, 3.05) is 26.2 Å². The predicted octanol–water partition coefficient (Wildman–Crippen LogP) is 0.414. The fourth-order valence-corrected chi connectivity index (χ4v) is 1.85. The molecule has 1 aromatic carbocycles. The van der Waals surface area contributed by atoms with Gasteiger partial charge in [-0.1, -0.05) is 18.2 Å². The molecule has 0 saturated carbocycles. The van der Waals surface area contributed by atoms with E-state index in [-0.39, 0.29) is 24.9 Å². The molecular formula is C13H16N2O3. The number of hydrogen-bond donors (Lipinski definition) is 1. The first-order chi connectivity index (χ1) is 8.74. The van der Waals surface area contributed by atoms with Gasteiger partial charge in [0, 0.05) is 6.54 Å². The Morgan fingerprint density at radius 3 is 2.44 bits per heavy atom. The minimum Gasteiger partial charge on any atom is -0.494 e. The van der Waals surface area contributed by atoms with E-state index < -0.39 is 0 Å². The van der Waals surface area contributed by atoms with Gasteiger partial charge in [-0.3, -0.25) is 19.8 Å². The first kappa shape index (κ1) is 12.6. The van der Waals surface area contributed by atoms with Crippen LogP contribution in [0.5, 0.6) is 5.75 Å². The first-order valence-corrected chi connectivity index (χ1v) is 5.97. The Labute approximate surface area is 106 Å². The average molecular weight is 248 g/mol. The largest absolute Gasteiger partial charge is 0.494 e. The number of carbonyl (C=O) groups is 2. The summed E-state index contributed by atoms with van der Waals surface area (Å²) in [6.45, 7) is 1.84. The third-order valence-electron chi connectivity index (χ3n) is 2.64. The maximum absolute atomic E-state index is 11.1. The highest BCUT2D eigenvalue weighted by Gasteiger charge is 2.21. The fraction of sp³-hybridized carbons (Fsp3) is 0.385. The van der Waals surface area contributed by atoms with E-state index in [0.717, 1.165) is 12.2 Å². The topological polar surface area (TPSA) is 58.6 Å². The second-order valence-corrected chi connectivity index (χ2v) is 4.20. The molecule has 1 aliphatic heterocycles. The van der Waals surface area contributed by atoms with Crippen LogP contribution in [0.3, 0.4) is 0 Å². The third-order valence-corrected chi connectivity index (χ3v) is 2.64. The van der Waals surface area contributed by atoms with Gasteiger partial charge in [-0.05, 0) is 18.6 Å². The Morgan fingerprint density at radius 1 is 1.11 bits per heavy atom. The summed E-state index contributed by atoms with van der Waals surface area (Å²) in [6, 6.07) is 9.58. The maximum Gasteiger partial charge on any atom is 0.240 e. The Balaban J connectivity index is 1.66. The molecule has 1 N–H and O–H groups in total. The molecule has 0 aliphatic carbocycles. The molecule has 1 fully saturated rings. The molecule has 5 heteroatoms. The summed E-state index contributed by atoms with van der Waals surface area (Å²) in [5, 5.41) is 2.27. The van der Waals surface area contributed by atoms with Gasteiger partial charge in [-0.15, -0.1) is 0 Å². The SMILES string of the molecule is O=C1CN(CCCOc2ccccc2)CC(=O)N1. The molecule has 0 unspecified atom stereocenters. The van der Waals surface area contributed by atoms with Crippen molar-refractivity contribution in [2.45, 2.75) is 6.42 Å². The molecule has 1 aliphatic rings. The van der Waals surface area contributed by atoms with Crippen molar-refractivity contribution in [1.82, 2.24) is 10.2 Å². The molecule has 2 rings (SSSR count). The highest BCUT2D eigenvalue weighted by Crippen LogP contribution is 2.08.